The van der Waals surface area contributed by atoms with E-state index in [1.54, 1.807) is 0 Å². The monoisotopic (exact) mass is 388 g/mol. The van der Waals surface area contributed by atoms with E-state index in [2.05, 4.69) is 17.2 Å². The molecule has 1 aromatic heterocycles. The molecule has 1 aliphatic rings. The van der Waals surface area contributed by atoms with Crippen LogP contribution in [0.1, 0.15) is 40.0 Å². The molecule has 3 rings (SSSR count). The van der Waals surface area contributed by atoms with Gasteiger partial charge in [0.05, 0.1) is 16.8 Å². The van der Waals surface area contributed by atoms with Crippen molar-refractivity contribution in [2.75, 3.05) is 12.3 Å². The normalized spacial score (nSPS) is 17.5. The van der Waals surface area contributed by atoms with Crippen molar-refractivity contribution in [1.29, 1.82) is 0 Å². The Kier molecular flexibility index (Phi) is 6.42. The highest BCUT2D eigenvalue weighted by Crippen LogP contribution is 2.25. The molecule has 0 bridgehead atoms. The number of hydrogen-bond acceptors (Lipinski definition) is 4. The van der Waals surface area contributed by atoms with Gasteiger partial charge in [0.25, 0.3) is 0 Å². The fraction of sp³-hybridized carbons (Fsp3) is 0.550. The Morgan fingerprint density at radius 2 is 2.07 bits per heavy atom. The fourth-order valence-electron chi connectivity index (χ4n) is 3.51. The van der Waals surface area contributed by atoms with Crippen molar-refractivity contribution < 1.29 is 9.59 Å². The van der Waals surface area contributed by atoms with Crippen molar-refractivity contribution in [2.45, 2.75) is 63.8 Å². The molecular formula is C20H28N4O2S. The summed E-state index contributed by atoms with van der Waals surface area (Å²) in [5, 5.41) is 3.64. The molecule has 2 aromatic rings. The summed E-state index contributed by atoms with van der Waals surface area (Å²) in [7, 11) is 0. The minimum absolute atomic E-state index is 0.0500. The lowest BCUT2D eigenvalue weighted by atomic mass is 10.0. The smallest absolute Gasteiger partial charge is 0.240 e. The molecule has 1 saturated heterocycles. The van der Waals surface area contributed by atoms with E-state index in [-0.39, 0.29) is 24.4 Å². The molecular weight excluding hydrogens is 360 g/mol. The Morgan fingerprint density at radius 3 is 2.81 bits per heavy atom. The van der Waals surface area contributed by atoms with Crippen molar-refractivity contribution in [3.05, 3.63) is 24.3 Å². The maximum Gasteiger partial charge on any atom is 0.240 e. The first-order chi connectivity index (χ1) is 13.0. The van der Waals surface area contributed by atoms with Gasteiger partial charge in [0.15, 0.2) is 5.16 Å². The molecule has 6 nitrogen and oxygen atoms in total. The lowest BCUT2D eigenvalue weighted by molar-refractivity contribution is -0.131. The van der Waals surface area contributed by atoms with Crippen LogP contribution in [0.2, 0.25) is 0 Å². The largest absolute Gasteiger partial charge is 0.352 e. The standard InChI is InChI=1S/C20H28N4O2S/c1-14(2)21-18(25)12-24-17-10-5-4-9-16(17)22-20(24)27-13-19(26)23-11-7-6-8-15(23)3/h4-5,9-10,14-15H,6-8,11-13H2,1-3H3,(H,21,25). The van der Waals surface area contributed by atoms with E-state index in [4.69, 9.17) is 0 Å². The molecule has 146 valence electrons. The number of imidazole rings is 1. The Labute approximate surface area is 164 Å². The minimum atomic E-state index is -0.0500. The number of fused-ring (bicyclic) bond motifs is 1. The predicted molar refractivity (Wildman–Crippen MR) is 109 cm³/mol. The van der Waals surface area contributed by atoms with Crippen LogP contribution in [0.25, 0.3) is 11.0 Å². The van der Waals surface area contributed by atoms with Gasteiger partial charge in [-0.3, -0.25) is 9.59 Å². The van der Waals surface area contributed by atoms with Crippen LogP contribution in [0.5, 0.6) is 0 Å². The van der Waals surface area contributed by atoms with E-state index >= 15 is 0 Å². The van der Waals surface area contributed by atoms with E-state index < -0.39 is 0 Å². The zero-order chi connectivity index (χ0) is 19.4. The molecule has 0 spiro atoms. The molecule has 7 heteroatoms. The molecule has 1 aromatic carbocycles. The second kappa shape index (κ2) is 8.78. The lowest BCUT2D eigenvalue weighted by Crippen LogP contribution is -2.43. The fourth-order valence-corrected chi connectivity index (χ4v) is 4.41. The first-order valence-electron chi connectivity index (χ1n) is 9.62. The molecule has 1 atom stereocenters. The second-order valence-electron chi connectivity index (χ2n) is 7.41. The molecule has 0 radical (unpaired) electrons. The topological polar surface area (TPSA) is 67.2 Å². The average Bonchev–Trinajstić information content (AvgIpc) is 2.97. The van der Waals surface area contributed by atoms with Crippen LogP contribution in [-0.2, 0) is 16.1 Å². The number of benzene rings is 1. The molecule has 0 saturated carbocycles. The number of amides is 2. The summed E-state index contributed by atoms with van der Waals surface area (Å²) in [4.78, 5) is 31.6. The second-order valence-corrected chi connectivity index (χ2v) is 8.35. The maximum absolute atomic E-state index is 12.7. The zero-order valence-corrected chi connectivity index (χ0v) is 17.1. The van der Waals surface area contributed by atoms with Crippen molar-refractivity contribution in [1.82, 2.24) is 19.8 Å². The highest BCUT2D eigenvalue weighted by molar-refractivity contribution is 7.99. The van der Waals surface area contributed by atoms with Crippen molar-refractivity contribution in [2.24, 2.45) is 0 Å². The Hall–Kier alpha value is -2.02. The first kappa shape index (κ1) is 19.7. The Morgan fingerprint density at radius 1 is 1.30 bits per heavy atom. The van der Waals surface area contributed by atoms with E-state index in [0.29, 0.717) is 17.0 Å². The van der Waals surface area contributed by atoms with Gasteiger partial charge in [-0.15, -0.1) is 0 Å². The Bertz CT molecular complexity index is 817. The van der Waals surface area contributed by atoms with Gasteiger partial charge in [-0.1, -0.05) is 23.9 Å². The van der Waals surface area contributed by atoms with Crippen LogP contribution in [-0.4, -0.2) is 50.6 Å². The highest BCUT2D eigenvalue weighted by Gasteiger charge is 2.24. The number of nitrogens with one attached hydrogen (secondary N) is 1. The summed E-state index contributed by atoms with van der Waals surface area (Å²) >= 11 is 1.42. The summed E-state index contributed by atoms with van der Waals surface area (Å²) in [6.45, 7) is 7.05. The van der Waals surface area contributed by atoms with Crippen molar-refractivity contribution in [3.63, 3.8) is 0 Å². The molecule has 2 amide bonds. The molecule has 1 fully saturated rings. The number of carbonyl (C=O) groups is 2. The zero-order valence-electron chi connectivity index (χ0n) is 16.3. The van der Waals surface area contributed by atoms with Crippen LogP contribution >= 0.6 is 11.8 Å². The summed E-state index contributed by atoms with van der Waals surface area (Å²) in [6.07, 6.45) is 3.35. The first-order valence-corrected chi connectivity index (χ1v) is 10.6. The lowest BCUT2D eigenvalue weighted by Gasteiger charge is -2.33. The van der Waals surface area contributed by atoms with Crippen molar-refractivity contribution >= 4 is 34.6 Å². The van der Waals surface area contributed by atoms with Gasteiger partial charge < -0.3 is 14.8 Å². The number of rotatable bonds is 6. The van der Waals surface area contributed by atoms with Crippen molar-refractivity contribution in [3.8, 4) is 0 Å². The average molecular weight is 389 g/mol. The van der Waals surface area contributed by atoms with Crippen LogP contribution in [0, 0.1) is 0 Å². The molecule has 1 unspecified atom stereocenters. The molecule has 0 aliphatic carbocycles. The molecule has 1 N–H and O–H groups in total. The van der Waals surface area contributed by atoms with Gasteiger partial charge in [0, 0.05) is 18.6 Å². The van der Waals surface area contributed by atoms with Crippen LogP contribution in [0.4, 0.5) is 0 Å². The predicted octanol–water partition coefficient (Wildman–Crippen LogP) is 3.05. The van der Waals surface area contributed by atoms with Gasteiger partial charge in [-0.2, -0.15) is 0 Å². The SMILES string of the molecule is CC(C)NC(=O)Cn1c(SCC(=O)N2CCCCC2C)nc2ccccc21. The number of likely N-dealkylation sites (tertiary alicyclic amines) is 1. The highest BCUT2D eigenvalue weighted by atomic mass is 32.2. The molecule has 2 heterocycles. The van der Waals surface area contributed by atoms with E-state index in [1.165, 1.54) is 18.2 Å². The maximum atomic E-state index is 12.7. The number of nitrogens with zero attached hydrogens (tertiary/aromatic N) is 3. The van der Waals surface area contributed by atoms with Gasteiger partial charge in [0.1, 0.15) is 6.54 Å². The van der Waals surface area contributed by atoms with Crippen LogP contribution < -0.4 is 5.32 Å². The summed E-state index contributed by atoms with van der Waals surface area (Å²) < 4.78 is 1.91. The van der Waals surface area contributed by atoms with Crippen LogP contribution in [0.15, 0.2) is 29.4 Å². The quantitative estimate of drug-likeness (QED) is 0.773. The third-order valence-corrected chi connectivity index (χ3v) is 5.78. The molecule has 1 aliphatic heterocycles. The van der Waals surface area contributed by atoms with Crippen LogP contribution in [0.3, 0.4) is 0 Å². The molecule has 27 heavy (non-hydrogen) atoms. The van der Waals surface area contributed by atoms with Gasteiger partial charge in [-0.25, -0.2) is 4.98 Å². The third kappa shape index (κ3) is 4.83. The van der Waals surface area contributed by atoms with Gasteiger partial charge in [0.2, 0.25) is 11.8 Å². The van der Waals surface area contributed by atoms with E-state index in [0.717, 1.165) is 30.4 Å². The number of aromatic nitrogens is 2. The number of piperidine rings is 1. The summed E-state index contributed by atoms with van der Waals surface area (Å²) in [5.41, 5.74) is 1.76. The van der Waals surface area contributed by atoms with E-state index in [1.807, 2.05) is 47.6 Å². The number of thioether (sulfide) groups is 1. The third-order valence-electron chi connectivity index (χ3n) is 4.82. The number of hydrogen-bond donors (Lipinski definition) is 1. The Balaban J connectivity index is 1.76. The van der Waals surface area contributed by atoms with Gasteiger partial charge in [-0.05, 0) is 52.2 Å². The number of carbonyl (C=O) groups excluding carboxylic acids is 2. The minimum Gasteiger partial charge on any atom is -0.352 e. The van der Waals surface area contributed by atoms with Gasteiger partial charge >= 0.3 is 0 Å². The summed E-state index contributed by atoms with van der Waals surface area (Å²) in [6, 6.07) is 8.17. The van der Waals surface area contributed by atoms with E-state index in [9.17, 15) is 9.59 Å². The summed E-state index contributed by atoms with van der Waals surface area (Å²) in [5.74, 6) is 0.447. The number of para-hydroxylation sites is 2.